The van der Waals surface area contributed by atoms with Crippen LogP contribution >= 0.6 is 0 Å². The Labute approximate surface area is 103 Å². The second-order valence-corrected chi connectivity index (χ2v) is 5.14. The molecule has 1 saturated carbocycles. The first kappa shape index (κ1) is 13.6. The zero-order valence-corrected chi connectivity index (χ0v) is 9.87. The maximum Gasteiger partial charge on any atom is 0.401 e. The number of hydrogen-bond donors (Lipinski definition) is 1. The number of rotatable bonds is 5. The molecule has 0 aromatic carbocycles. The van der Waals surface area contributed by atoms with E-state index in [1.165, 1.54) is 4.90 Å². The SMILES string of the molecule is O=C(O)C1(CN(CC(F)(F)F)C2CC2)CCOC1. The molecule has 1 unspecified atom stereocenters. The fourth-order valence-corrected chi connectivity index (χ4v) is 2.34. The van der Waals surface area contributed by atoms with Crippen LogP contribution in [0.1, 0.15) is 19.3 Å². The summed E-state index contributed by atoms with van der Waals surface area (Å²) in [7, 11) is 0. The zero-order valence-electron chi connectivity index (χ0n) is 9.87. The summed E-state index contributed by atoms with van der Waals surface area (Å²) < 4.78 is 42.5. The maximum atomic E-state index is 12.5. The second-order valence-electron chi connectivity index (χ2n) is 5.14. The van der Waals surface area contributed by atoms with E-state index in [1.807, 2.05) is 0 Å². The fourth-order valence-electron chi connectivity index (χ4n) is 2.34. The Morgan fingerprint density at radius 3 is 2.50 bits per heavy atom. The molecule has 0 spiro atoms. The van der Waals surface area contributed by atoms with Gasteiger partial charge in [-0.15, -0.1) is 0 Å². The van der Waals surface area contributed by atoms with Crippen LogP contribution in [0.25, 0.3) is 0 Å². The molecule has 1 N–H and O–H groups in total. The Bertz CT molecular complexity index is 322. The van der Waals surface area contributed by atoms with Crippen LogP contribution < -0.4 is 0 Å². The van der Waals surface area contributed by atoms with Crippen molar-refractivity contribution in [1.29, 1.82) is 0 Å². The highest BCUT2D eigenvalue weighted by Crippen LogP contribution is 2.36. The zero-order chi connectivity index (χ0) is 13.4. The summed E-state index contributed by atoms with van der Waals surface area (Å²) >= 11 is 0. The fraction of sp³-hybridized carbons (Fsp3) is 0.909. The van der Waals surface area contributed by atoms with Gasteiger partial charge in [0.2, 0.25) is 0 Å². The van der Waals surface area contributed by atoms with Crippen molar-refractivity contribution in [2.24, 2.45) is 5.41 Å². The lowest BCUT2D eigenvalue weighted by Gasteiger charge is -2.31. The van der Waals surface area contributed by atoms with Crippen molar-refractivity contribution in [3.8, 4) is 0 Å². The molecule has 0 amide bonds. The Hall–Kier alpha value is -0.820. The van der Waals surface area contributed by atoms with Gasteiger partial charge >= 0.3 is 12.1 Å². The molecule has 1 heterocycles. The molecule has 0 radical (unpaired) electrons. The van der Waals surface area contributed by atoms with Gasteiger partial charge in [0, 0.05) is 19.2 Å². The van der Waals surface area contributed by atoms with Gasteiger partial charge in [0.1, 0.15) is 5.41 Å². The van der Waals surface area contributed by atoms with E-state index in [-0.39, 0.29) is 25.6 Å². The summed E-state index contributed by atoms with van der Waals surface area (Å²) in [5.74, 6) is -1.06. The highest BCUT2D eigenvalue weighted by Gasteiger charge is 2.48. The van der Waals surface area contributed by atoms with E-state index >= 15 is 0 Å². The summed E-state index contributed by atoms with van der Waals surface area (Å²) in [4.78, 5) is 12.5. The average Bonchev–Trinajstić information content (AvgIpc) is 2.97. The van der Waals surface area contributed by atoms with Crippen molar-refractivity contribution in [2.75, 3.05) is 26.3 Å². The third-order valence-corrected chi connectivity index (χ3v) is 3.51. The van der Waals surface area contributed by atoms with Crippen molar-refractivity contribution in [3.63, 3.8) is 0 Å². The predicted molar refractivity (Wildman–Crippen MR) is 56.2 cm³/mol. The molecule has 18 heavy (non-hydrogen) atoms. The minimum atomic E-state index is -4.29. The standard InChI is InChI=1S/C11H16F3NO3/c12-11(13,14)6-15(8-1-2-8)5-10(9(16)17)3-4-18-7-10/h8H,1-7H2,(H,16,17). The number of nitrogens with zero attached hydrogens (tertiary/aromatic N) is 1. The molecule has 2 aliphatic rings. The summed E-state index contributed by atoms with van der Waals surface area (Å²) in [6.45, 7) is -0.806. The number of ether oxygens (including phenoxy) is 1. The molecular formula is C11H16F3NO3. The van der Waals surface area contributed by atoms with Crippen LogP contribution in [-0.2, 0) is 9.53 Å². The van der Waals surface area contributed by atoms with Gasteiger partial charge in [0.25, 0.3) is 0 Å². The second kappa shape index (κ2) is 4.70. The molecule has 0 aromatic rings. The van der Waals surface area contributed by atoms with Gasteiger partial charge in [-0.1, -0.05) is 0 Å². The molecule has 2 rings (SSSR count). The number of carboxylic acid groups (broad SMARTS) is 1. The van der Waals surface area contributed by atoms with Crippen LogP contribution in [0, 0.1) is 5.41 Å². The number of aliphatic carboxylic acids is 1. The van der Waals surface area contributed by atoms with Crippen LogP contribution in [0.5, 0.6) is 0 Å². The predicted octanol–water partition coefficient (Wildman–Crippen LogP) is 1.50. The molecule has 4 nitrogen and oxygen atoms in total. The van der Waals surface area contributed by atoms with Crippen molar-refractivity contribution in [2.45, 2.75) is 31.5 Å². The summed E-state index contributed by atoms with van der Waals surface area (Å²) in [5.41, 5.74) is -1.17. The Morgan fingerprint density at radius 1 is 1.44 bits per heavy atom. The van der Waals surface area contributed by atoms with Crippen molar-refractivity contribution < 1.29 is 27.8 Å². The van der Waals surface area contributed by atoms with Crippen LogP contribution in [0.4, 0.5) is 13.2 Å². The van der Waals surface area contributed by atoms with Crippen LogP contribution in [0.2, 0.25) is 0 Å². The van der Waals surface area contributed by atoms with Gasteiger partial charge in [0.05, 0.1) is 13.2 Å². The molecule has 1 aliphatic heterocycles. The average molecular weight is 267 g/mol. The molecule has 0 aromatic heterocycles. The normalized spacial score (nSPS) is 28.9. The number of hydrogen-bond acceptors (Lipinski definition) is 3. The van der Waals surface area contributed by atoms with E-state index in [1.54, 1.807) is 0 Å². The number of carboxylic acids is 1. The third-order valence-electron chi connectivity index (χ3n) is 3.51. The molecular weight excluding hydrogens is 251 g/mol. The Kier molecular flexibility index (Phi) is 3.55. The maximum absolute atomic E-state index is 12.5. The van der Waals surface area contributed by atoms with Gasteiger partial charge in [-0.3, -0.25) is 9.69 Å². The Balaban J connectivity index is 2.05. The first-order valence-electron chi connectivity index (χ1n) is 5.94. The van der Waals surface area contributed by atoms with Crippen molar-refractivity contribution >= 4 is 5.97 Å². The lowest BCUT2D eigenvalue weighted by Crippen LogP contribution is -2.47. The van der Waals surface area contributed by atoms with Crippen LogP contribution in [0.3, 0.4) is 0 Å². The highest BCUT2D eigenvalue weighted by atomic mass is 19.4. The van der Waals surface area contributed by atoms with Gasteiger partial charge in [-0.25, -0.2) is 0 Å². The van der Waals surface area contributed by atoms with Crippen molar-refractivity contribution in [3.05, 3.63) is 0 Å². The lowest BCUT2D eigenvalue weighted by molar-refractivity contribution is -0.161. The Morgan fingerprint density at radius 2 is 2.11 bits per heavy atom. The van der Waals surface area contributed by atoms with E-state index < -0.39 is 24.1 Å². The molecule has 0 bridgehead atoms. The third kappa shape index (κ3) is 3.14. The molecule has 2 fully saturated rings. The van der Waals surface area contributed by atoms with Gasteiger partial charge < -0.3 is 9.84 Å². The van der Waals surface area contributed by atoms with Gasteiger partial charge in [-0.05, 0) is 19.3 Å². The highest BCUT2D eigenvalue weighted by molar-refractivity contribution is 5.75. The van der Waals surface area contributed by atoms with E-state index in [4.69, 9.17) is 4.74 Å². The molecule has 1 aliphatic carbocycles. The van der Waals surface area contributed by atoms with Crippen LogP contribution in [-0.4, -0.2) is 54.5 Å². The summed E-state index contributed by atoms with van der Waals surface area (Å²) in [6, 6.07) is -0.122. The minimum Gasteiger partial charge on any atom is -0.481 e. The first-order chi connectivity index (χ1) is 8.32. The summed E-state index contributed by atoms with van der Waals surface area (Å²) in [5, 5.41) is 9.23. The monoisotopic (exact) mass is 267 g/mol. The van der Waals surface area contributed by atoms with E-state index in [0.29, 0.717) is 19.4 Å². The lowest BCUT2D eigenvalue weighted by atomic mass is 9.86. The number of carbonyl (C=O) groups is 1. The summed E-state index contributed by atoms with van der Waals surface area (Å²) in [6.07, 6.45) is -2.58. The van der Waals surface area contributed by atoms with E-state index in [2.05, 4.69) is 0 Å². The molecule has 1 atom stereocenters. The number of alkyl halides is 3. The van der Waals surface area contributed by atoms with E-state index in [0.717, 1.165) is 0 Å². The van der Waals surface area contributed by atoms with Crippen molar-refractivity contribution in [1.82, 2.24) is 4.90 Å². The smallest absolute Gasteiger partial charge is 0.401 e. The topological polar surface area (TPSA) is 49.8 Å². The van der Waals surface area contributed by atoms with Gasteiger partial charge in [0.15, 0.2) is 0 Å². The van der Waals surface area contributed by atoms with Crippen LogP contribution in [0.15, 0.2) is 0 Å². The largest absolute Gasteiger partial charge is 0.481 e. The van der Waals surface area contributed by atoms with Gasteiger partial charge in [-0.2, -0.15) is 13.2 Å². The minimum absolute atomic E-state index is 0.00338. The quantitative estimate of drug-likeness (QED) is 0.820. The molecule has 1 saturated heterocycles. The molecule has 7 heteroatoms. The first-order valence-corrected chi connectivity index (χ1v) is 5.94. The van der Waals surface area contributed by atoms with E-state index in [9.17, 15) is 23.1 Å². The molecule has 104 valence electrons. The number of halogens is 3.